The average Bonchev–Trinajstić information content (AvgIpc) is 2.81. The number of amides is 2. The Balaban J connectivity index is 2.22. The lowest BCUT2D eigenvalue weighted by molar-refractivity contribution is -0.124. The number of aromatic hydroxyl groups is 1. The van der Waals surface area contributed by atoms with Gasteiger partial charge in [-0.3, -0.25) is 15.3 Å². The summed E-state index contributed by atoms with van der Waals surface area (Å²) in [6, 6.07) is 10.9. The summed E-state index contributed by atoms with van der Waals surface area (Å²) in [7, 11) is 0. The standard InChI is InChI=1S/C23H27FN2O6S/c1-3-31-20(6-4-5-7-21(28)26-30)22(15-8-13-19(27)18(24)14-15)32-23(29)25-16-9-11-17(33-2)12-10-16/h5,7-14,20,22,27,30H,3-4,6H2,1-2H3,(H,25,29)(H,26,28)/b7-5+/t20-,22-/m0/s1. The maximum absolute atomic E-state index is 14.1. The molecule has 33 heavy (non-hydrogen) atoms. The number of hydrogen-bond acceptors (Lipinski definition) is 7. The minimum absolute atomic E-state index is 0.295. The lowest BCUT2D eigenvalue weighted by Crippen LogP contribution is -2.29. The van der Waals surface area contributed by atoms with E-state index in [1.165, 1.54) is 23.7 Å². The molecule has 0 fully saturated rings. The molecule has 2 aromatic rings. The number of phenols is 1. The van der Waals surface area contributed by atoms with Gasteiger partial charge >= 0.3 is 6.09 Å². The molecule has 2 atom stereocenters. The van der Waals surface area contributed by atoms with Crippen molar-refractivity contribution >= 4 is 29.4 Å². The van der Waals surface area contributed by atoms with Gasteiger partial charge in [0.2, 0.25) is 0 Å². The molecule has 8 nitrogen and oxygen atoms in total. The van der Waals surface area contributed by atoms with Crippen molar-refractivity contribution in [3.8, 4) is 5.75 Å². The number of rotatable bonds is 11. The predicted molar refractivity (Wildman–Crippen MR) is 123 cm³/mol. The molecule has 4 N–H and O–H groups in total. The zero-order chi connectivity index (χ0) is 24.2. The Morgan fingerprint density at radius 3 is 2.55 bits per heavy atom. The van der Waals surface area contributed by atoms with E-state index in [2.05, 4.69) is 5.32 Å². The first-order chi connectivity index (χ1) is 15.9. The van der Waals surface area contributed by atoms with Crippen LogP contribution in [0.15, 0.2) is 59.5 Å². The molecule has 0 aliphatic carbocycles. The Morgan fingerprint density at radius 1 is 1.21 bits per heavy atom. The van der Waals surface area contributed by atoms with Gasteiger partial charge in [0.15, 0.2) is 17.7 Å². The largest absolute Gasteiger partial charge is 0.505 e. The minimum atomic E-state index is -0.995. The van der Waals surface area contributed by atoms with Crippen LogP contribution in [0.4, 0.5) is 14.9 Å². The molecule has 0 aliphatic heterocycles. The Morgan fingerprint density at radius 2 is 1.94 bits per heavy atom. The van der Waals surface area contributed by atoms with Crippen LogP contribution >= 0.6 is 11.8 Å². The minimum Gasteiger partial charge on any atom is -0.505 e. The van der Waals surface area contributed by atoms with Gasteiger partial charge in [-0.05, 0) is 68.0 Å². The van der Waals surface area contributed by atoms with Crippen LogP contribution in [-0.2, 0) is 14.3 Å². The van der Waals surface area contributed by atoms with E-state index >= 15 is 0 Å². The summed E-state index contributed by atoms with van der Waals surface area (Å²) in [5, 5.41) is 20.7. The zero-order valence-electron chi connectivity index (χ0n) is 18.3. The van der Waals surface area contributed by atoms with Crippen LogP contribution in [0.3, 0.4) is 0 Å². The summed E-state index contributed by atoms with van der Waals surface area (Å²) in [6.45, 7) is 2.06. The summed E-state index contributed by atoms with van der Waals surface area (Å²) in [6.07, 6.45) is 2.88. The van der Waals surface area contributed by atoms with E-state index in [1.807, 2.05) is 18.4 Å². The van der Waals surface area contributed by atoms with E-state index in [-0.39, 0.29) is 0 Å². The van der Waals surface area contributed by atoms with E-state index in [1.54, 1.807) is 30.8 Å². The van der Waals surface area contributed by atoms with Gasteiger partial charge in [-0.1, -0.05) is 12.1 Å². The maximum atomic E-state index is 14.1. The van der Waals surface area contributed by atoms with E-state index in [0.29, 0.717) is 30.7 Å². The summed E-state index contributed by atoms with van der Waals surface area (Å²) in [4.78, 5) is 24.8. The number of carbonyl (C=O) groups is 2. The van der Waals surface area contributed by atoms with Gasteiger partial charge in [-0.2, -0.15) is 0 Å². The van der Waals surface area contributed by atoms with Gasteiger partial charge < -0.3 is 14.6 Å². The quantitative estimate of drug-likeness (QED) is 0.159. The van der Waals surface area contributed by atoms with Crippen molar-refractivity contribution < 1.29 is 33.8 Å². The van der Waals surface area contributed by atoms with Crippen molar-refractivity contribution in [1.82, 2.24) is 5.48 Å². The molecule has 0 saturated heterocycles. The topological polar surface area (TPSA) is 117 Å². The van der Waals surface area contributed by atoms with Gasteiger partial charge in [0.25, 0.3) is 5.91 Å². The van der Waals surface area contributed by atoms with Gasteiger partial charge in [0.05, 0.1) is 6.10 Å². The summed E-state index contributed by atoms with van der Waals surface area (Å²) >= 11 is 1.57. The number of halogens is 1. The Hall–Kier alpha value is -3.08. The van der Waals surface area contributed by atoms with Gasteiger partial charge in [0, 0.05) is 23.3 Å². The Labute approximate surface area is 195 Å². The van der Waals surface area contributed by atoms with E-state index in [9.17, 15) is 19.1 Å². The van der Waals surface area contributed by atoms with Crippen molar-refractivity contribution in [3.05, 3.63) is 66.0 Å². The smallest absolute Gasteiger partial charge is 0.412 e. The van der Waals surface area contributed by atoms with Crippen LogP contribution in [0.25, 0.3) is 0 Å². The maximum Gasteiger partial charge on any atom is 0.412 e. The molecule has 0 aliphatic rings. The third-order valence-corrected chi connectivity index (χ3v) is 5.33. The highest BCUT2D eigenvalue weighted by atomic mass is 32.2. The van der Waals surface area contributed by atoms with Crippen molar-refractivity contribution in [2.75, 3.05) is 18.2 Å². The van der Waals surface area contributed by atoms with Crippen LogP contribution in [0.1, 0.15) is 31.4 Å². The van der Waals surface area contributed by atoms with Gasteiger partial charge in [-0.25, -0.2) is 14.7 Å². The van der Waals surface area contributed by atoms with Crippen molar-refractivity contribution in [2.24, 2.45) is 0 Å². The second-order valence-corrected chi connectivity index (χ2v) is 7.72. The molecule has 0 aromatic heterocycles. The normalized spacial score (nSPS) is 12.8. The van der Waals surface area contributed by atoms with Crippen LogP contribution < -0.4 is 10.8 Å². The number of phenolic OH excluding ortho intramolecular Hbond substituents is 1. The average molecular weight is 479 g/mol. The van der Waals surface area contributed by atoms with E-state index < -0.39 is 35.8 Å². The molecule has 178 valence electrons. The number of thioether (sulfide) groups is 1. The van der Waals surface area contributed by atoms with Gasteiger partial charge in [0.1, 0.15) is 0 Å². The molecule has 0 heterocycles. The first-order valence-electron chi connectivity index (χ1n) is 10.2. The Kier molecular flexibility index (Phi) is 10.7. The van der Waals surface area contributed by atoms with Crippen molar-refractivity contribution in [1.29, 1.82) is 0 Å². The van der Waals surface area contributed by atoms with Gasteiger partial charge in [-0.15, -0.1) is 11.8 Å². The third kappa shape index (κ3) is 8.41. The molecule has 2 rings (SSSR count). The lowest BCUT2D eigenvalue weighted by Gasteiger charge is -2.27. The number of allylic oxidation sites excluding steroid dienone is 1. The molecule has 0 bridgehead atoms. The second-order valence-electron chi connectivity index (χ2n) is 6.84. The van der Waals surface area contributed by atoms with E-state index in [4.69, 9.17) is 14.7 Å². The van der Waals surface area contributed by atoms with Crippen molar-refractivity contribution in [2.45, 2.75) is 36.9 Å². The first kappa shape index (κ1) is 26.2. The summed E-state index contributed by atoms with van der Waals surface area (Å²) in [5.74, 6) is -2.06. The summed E-state index contributed by atoms with van der Waals surface area (Å²) < 4.78 is 25.5. The number of hydroxylamine groups is 1. The Bertz CT molecular complexity index is 954. The fourth-order valence-corrected chi connectivity index (χ4v) is 3.43. The predicted octanol–water partition coefficient (Wildman–Crippen LogP) is 4.79. The molecule has 0 spiro atoms. The molecule has 2 amide bonds. The fraction of sp³-hybridized carbons (Fsp3) is 0.304. The third-order valence-electron chi connectivity index (χ3n) is 4.59. The molecular formula is C23H27FN2O6S. The highest BCUT2D eigenvalue weighted by molar-refractivity contribution is 7.98. The first-order valence-corrected chi connectivity index (χ1v) is 11.4. The number of nitrogens with one attached hydrogen (secondary N) is 2. The van der Waals surface area contributed by atoms with Crippen LogP contribution in [0.5, 0.6) is 5.75 Å². The molecular weight excluding hydrogens is 451 g/mol. The molecule has 0 saturated carbocycles. The fourth-order valence-electron chi connectivity index (χ4n) is 3.02. The van der Waals surface area contributed by atoms with Crippen LogP contribution in [-0.4, -0.2) is 41.3 Å². The van der Waals surface area contributed by atoms with Crippen molar-refractivity contribution in [3.63, 3.8) is 0 Å². The number of hydrogen-bond donors (Lipinski definition) is 4. The zero-order valence-corrected chi connectivity index (χ0v) is 19.1. The number of benzene rings is 2. The number of ether oxygens (including phenoxy) is 2. The van der Waals surface area contributed by atoms with E-state index in [0.717, 1.165) is 17.0 Å². The lowest BCUT2D eigenvalue weighted by atomic mass is 9.99. The highest BCUT2D eigenvalue weighted by Crippen LogP contribution is 2.30. The second kappa shape index (κ2) is 13.5. The summed E-state index contributed by atoms with van der Waals surface area (Å²) in [5.41, 5.74) is 2.32. The molecule has 0 radical (unpaired) electrons. The SMILES string of the molecule is CCO[C@@H](CC/C=C/C(=O)NO)[C@@H](OC(=O)Nc1ccc(SC)cc1)c1ccc(O)c(F)c1. The highest BCUT2D eigenvalue weighted by Gasteiger charge is 2.28. The molecule has 0 unspecified atom stereocenters. The monoisotopic (exact) mass is 478 g/mol. The number of anilines is 1. The molecule has 10 heteroatoms. The molecule has 2 aromatic carbocycles. The number of carbonyl (C=O) groups excluding carboxylic acids is 2. The van der Waals surface area contributed by atoms with Crippen LogP contribution in [0.2, 0.25) is 0 Å². The van der Waals surface area contributed by atoms with Crippen LogP contribution in [0, 0.1) is 5.82 Å².